The van der Waals surface area contributed by atoms with E-state index in [9.17, 15) is 4.79 Å². The normalized spacial score (nSPS) is 16.2. The van der Waals surface area contributed by atoms with Gasteiger partial charge in [0, 0.05) is 44.2 Å². The van der Waals surface area contributed by atoms with E-state index in [1.165, 1.54) is 0 Å². The highest BCUT2D eigenvalue weighted by Crippen LogP contribution is 2.27. The van der Waals surface area contributed by atoms with Crippen molar-refractivity contribution in [3.8, 4) is 11.6 Å². The molecule has 1 aliphatic heterocycles. The summed E-state index contributed by atoms with van der Waals surface area (Å²) in [4.78, 5) is 26.0. The lowest BCUT2D eigenvalue weighted by Gasteiger charge is -2.35. The van der Waals surface area contributed by atoms with E-state index in [4.69, 9.17) is 9.26 Å². The Morgan fingerprint density at radius 2 is 1.81 bits per heavy atom. The van der Waals surface area contributed by atoms with Gasteiger partial charge in [-0.15, -0.1) is 0 Å². The van der Waals surface area contributed by atoms with Gasteiger partial charge in [0.2, 0.25) is 5.88 Å². The van der Waals surface area contributed by atoms with E-state index >= 15 is 0 Å². The fourth-order valence-electron chi connectivity index (χ4n) is 4.19. The zero-order valence-electron chi connectivity index (χ0n) is 17.6. The molecule has 160 valence electrons. The third-order valence-electron chi connectivity index (χ3n) is 5.81. The highest BCUT2D eigenvalue weighted by atomic mass is 16.5. The van der Waals surface area contributed by atoms with Gasteiger partial charge in [-0.1, -0.05) is 23.4 Å². The molecular formula is C23H25N5O3. The number of aryl methyl sites for hydroxylation is 2. The molecule has 2 aromatic heterocycles. The van der Waals surface area contributed by atoms with Gasteiger partial charge in [-0.3, -0.25) is 4.79 Å². The predicted octanol–water partition coefficient (Wildman–Crippen LogP) is 3.41. The maximum Gasteiger partial charge on any atom is 0.276 e. The van der Waals surface area contributed by atoms with Gasteiger partial charge in [-0.25, -0.2) is 4.98 Å². The van der Waals surface area contributed by atoms with Gasteiger partial charge in [-0.05, 0) is 38.3 Å². The fourth-order valence-corrected chi connectivity index (χ4v) is 4.19. The van der Waals surface area contributed by atoms with Crippen LogP contribution in [0.25, 0.3) is 0 Å². The van der Waals surface area contributed by atoms with Crippen molar-refractivity contribution in [2.24, 2.45) is 0 Å². The van der Waals surface area contributed by atoms with Crippen molar-refractivity contribution < 1.29 is 14.1 Å². The lowest BCUT2D eigenvalue weighted by atomic mass is 9.96. The van der Waals surface area contributed by atoms with Gasteiger partial charge in [0.15, 0.2) is 5.69 Å². The Balaban J connectivity index is 1.26. The smallest absolute Gasteiger partial charge is 0.276 e. The van der Waals surface area contributed by atoms with Crippen LogP contribution in [0.3, 0.4) is 0 Å². The number of benzene rings is 1. The monoisotopic (exact) mass is 419 g/mol. The molecular weight excluding hydrogens is 394 g/mol. The molecule has 0 atom stereocenters. The van der Waals surface area contributed by atoms with Crippen molar-refractivity contribution in [2.75, 3.05) is 31.1 Å². The second kappa shape index (κ2) is 8.37. The van der Waals surface area contributed by atoms with Crippen LogP contribution in [0.4, 0.5) is 5.82 Å². The number of para-hydroxylation sites is 1. The van der Waals surface area contributed by atoms with E-state index < -0.39 is 0 Å². The van der Waals surface area contributed by atoms with Crippen LogP contribution in [-0.2, 0) is 12.8 Å². The first-order valence-corrected chi connectivity index (χ1v) is 10.8. The minimum Gasteiger partial charge on any atom is -0.439 e. The average molecular weight is 419 g/mol. The molecule has 3 aromatic rings. The Kier molecular flexibility index (Phi) is 5.28. The van der Waals surface area contributed by atoms with Crippen LogP contribution in [0.15, 0.2) is 40.9 Å². The second-order valence-electron chi connectivity index (χ2n) is 7.95. The fraction of sp³-hybridized carbons (Fsp3) is 0.391. The molecule has 1 fully saturated rings. The van der Waals surface area contributed by atoms with Crippen LogP contribution in [0.5, 0.6) is 11.6 Å². The van der Waals surface area contributed by atoms with Crippen molar-refractivity contribution in [2.45, 2.75) is 32.6 Å². The molecule has 1 aromatic carbocycles. The quantitative estimate of drug-likeness (QED) is 0.641. The molecule has 3 heterocycles. The van der Waals surface area contributed by atoms with Crippen molar-refractivity contribution >= 4 is 11.7 Å². The second-order valence-corrected chi connectivity index (χ2v) is 7.95. The summed E-state index contributed by atoms with van der Waals surface area (Å²) in [5, 5.41) is 4.10. The maximum atomic E-state index is 13.0. The molecule has 5 rings (SSSR count). The van der Waals surface area contributed by atoms with Crippen molar-refractivity contribution in [1.82, 2.24) is 20.0 Å². The molecule has 8 heteroatoms. The maximum absolute atomic E-state index is 13.0. The summed E-state index contributed by atoms with van der Waals surface area (Å²) in [7, 11) is 0. The lowest BCUT2D eigenvalue weighted by molar-refractivity contribution is 0.0735. The van der Waals surface area contributed by atoms with E-state index in [0.29, 0.717) is 43.6 Å². The summed E-state index contributed by atoms with van der Waals surface area (Å²) >= 11 is 0. The lowest BCUT2D eigenvalue weighted by Crippen LogP contribution is -2.49. The zero-order chi connectivity index (χ0) is 21.2. The van der Waals surface area contributed by atoms with Crippen LogP contribution >= 0.6 is 0 Å². The molecule has 0 radical (unpaired) electrons. The number of amides is 1. The highest BCUT2D eigenvalue weighted by molar-refractivity contribution is 5.94. The molecule has 0 N–H and O–H groups in total. The van der Waals surface area contributed by atoms with Crippen molar-refractivity contribution in [3.63, 3.8) is 0 Å². The first kappa shape index (κ1) is 19.5. The SMILES string of the molecule is Cc1nc(Oc2ccccc2)cc(N2CCN(C(=O)c3noc4c3CCCC4)CC2)n1. The van der Waals surface area contributed by atoms with Gasteiger partial charge in [0.05, 0.1) is 0 Å². The van der Waals surface area contributed by atoms with Crippen LogP contribution < -0.4 is 9.64 Å². The molecule has 2 aliphatic rings. The number of carbonyl (C=O) groups is 1. The number of piperazine rings is 1. The summed E-state index contributed by atoms with van der Waals surface area (Å²) in [6, 6.07) is 11.4. The van der Waals surface area contributed by atoms with Crippen molar-refractivity contribution in [3.05, 3.63) is 59.2 Å². The van der Waals surface area contributed by atoms with Crippen LogP contribution in [0.1, 0.15) is 40.5 Å². The number of carbonyl (C=O) groups excluding carboxylic acids is 1. The predicted molar refractivity (Wildman–Crippen MR) is 115 cm³/mol. The van der Waals surface area contributed by atoms with Gasteiger partial charge >= 0.3 is 0 Å². The van der Waals surface area contributed by atoms with Crippen LogP contribution in [0, 0.1) is 6.92 Å². The number of hydrogen-bond acceptors (Lipinski definition) is 7. The minimum absolute atomic E-state index is 0.0291. The van der Waals surface area contributed by atoms with E-state index in [2.05, 4.69) is 20.0 Å². The summed E-state index contributed by atoms with van der Waals surface area (Å²) in [5.74, 6) is 3.56. The largest absolute Gasteiger partial charge is 0.439 e. The van der Waals surface area contributed by atoms with Crippen molar-refractivity contribution in [1.29, 1.82) is 0 Å². The van der Waals surface area contributed by atoms with Crippen LogP contribution in [0.2, 0.25) is 0 Å². The van der Waals surface area contributed by atoms with E-state index in [0.717, 1.165) is 48.6 Å². The van der Waals surface area contributed by atoms with Gasteiger partial charge in [-0.2, -0.15) is 4.98 Å². The number of fused-ring (bicyclic) bond motifs is 1. The van der Waals surface area contributed by atoms with E-state index in [1.54, 1.807) is 0 Å². The highest BCUT2D eigenvalue weighted by Gasteiger charge is 2.30. The molecule has 0 unspecified atom stereocenters. The van der Waals surface area contributed by atoms with E-state index in [1.807, 2.05) is 48.2 Å². The molecule has 31 heavy (non-hydrogen) atoms. The first-order valence-electron chi connectivity index (χ1n) is 10.8. The Morgan fingerprint density at radius 3 is 2.61 bits per heavy atom. The zero-order valence-corrected chi connectivity index (χ0v) is 17.6. The van der Waals surface area contributed by atoms with Gasteiger partial charge < -0.3 is 19.1 Å². The Hall–Kier alpha value is -3.42. The summed E-state index contributed by atoms with van der Waals surface area (Å²) < 4.78 is 11.3. The summed E-state index contributed by atoms with van der Waals surface area (Å²) in [6.45, 7) is 4.45. The minimum atomic E-state index is -0.0291. The third kappa shape index (κ3) is 4.10. The molecule has 1 aliphatic carbocycles. The standard InChI is InChI=1S/C23H25N5O3/c1-16-24-20(15-21(25-16)30-17-7-3-2-4-8-17)27-11-13-28(14-12-27)23(29)22-18-9-5-6-10-19(18)31-26-22/h2-4,7-8,15H,5-6,9-14H2,1H3. The number of anilines is 1. The molecule has 8 nitrogen and oxygen atoms in total. The van der Waals surface area contributed by atoms with Crippen LogP contribution in [-0.4, -0.2) is 52.1 Å². The average Bonchev–Trinajstić information content (AvgIpc) is 3.23. The summed E-state index contributed by atoms with van der Waals surface area (Å²) in [5.41, 5.74) is 1.51. The van der Waals surface area contributed by atoms with E-state index in [-0.39, 0.29) is 5.91 Å². The van der Waals surface area contributed by atoms with Gasteiger partial charge in [0.25, 0.3) is 5.91 Å². The molecule has 1 saturated heterocycles. The number of hydrogen-bond donors (Lipinski definition) is 0. The topological polar surface area (TPSA) is 84.6 Å². The number of aromatic nitrogens is 3. The Labute approximate surface area is 180 Å². The molecule has 0 spiro atoms. The number of rotatable bonds is 4. The number of nitrogens with zero attached hydrogens (tertiary/aromatic N) is 5. The number of ether oxygens (including phenoxy) is 1. The first-order chi connectivity index (χ1) is 15.2. The van der Waals surface area contributed by atoms with Gasteiger partial charge in [0.1, 0.15) is 23.2 Å². The third-order valence-corrected chi connectivity index (χ3v) is 5.81. The molecule has 0 bridgehead atoms. The molecule has 0 saturated carbocycles. The Morgan fingerprint density at radius 1 is 1.03 bits per heavy atom. The summed E-state index contributed by atoms with van der Waals surface area (Å²) in [6.07, 6.45) is 3.94. The Bertz CT molecular complexity index is 1070. The molecule has 1 amide bonds.